The number of hydrogen-bond acceptors (Lipinski definition) is 4. The van der Waals surface area contributed by atoms with E-state index in [4.69, 9.17) is 0 Å². The van der Waals surface area contributed by atoms with Gasteiger partial charge in [-0.05, 0) is 44.5 Å². The van der Waals surface area contributed by atoms with Crippen molar-refractivity contribution in [3.63, 3.8) is 0 Å². The summed E-state index contributed by atoms with van der Waals surface area (Å²) in [7, 11) is -7.91. The minimum absolute atomic E-state index is 0.231. The Bertz CT molecular complexity index is 1110. The van der Waals surface area contributed by atoms with Gasteiger partial charge in [0.05, 0.1) is 6.26 Å². The first-order valence-corrected chi connectivity index (χ1v) is 14.9. The lowest BCUT2D eigenvalue weighted by Gasteiger charge is -2.42. The van der Waals surface area contributed by atoms with E-state index in [1.54, 1.807) is 0 Å². The highest BCUT2D eigenvalue weighted by atomic mass is 32.2. The molecular formula is C21H25F17O4S2. The van der Waals surface area contributed by atoms with Crippen LogP contribution in [0.15, 0.2) is 0 Å². The minimum Gasteiger partial charge on any atom is -0.743 e. The molecular weight excluding hydrogens is 703 g/mol. The second kappa shape index (κ2) is 12.7. The van der Waals surface area contributed by atoms with Crippen molar-refractivity contribution in [2.75, 3.05) is 12.0 Å². The Morgan fingerprint density at radius 1 is 0.636 bits per heavy atom. The Morgan fingerprint density at radius 3 is 1.25 bits per heavy atom. The van der Waals surface area contributed by atoms with E-state index in [1.807, 2.05) is 0 Å². The summed E-state index contributed by atoms with van der Waals surface area (Å²) in [5.74, 6) is -50.4. The van der Waals surface area contributed by atoms with Gasteiger partial charge in [-0.2, -0.15) is 74.6 Å². The minimum atomic E-state index is -8.92. The van der Waals surface area contributed by atoms with Crippen molar-refractivity contribution in [1.29, 1.82) is 0 Å². The molecule has 23 heteroatoms. The zero-order valence-corrected chi connectivity index (χ0v) is 24.3. The van der Waals surface area contributed by atoms with Crippen molar-refractivity contribution in [2.24, 2.45) is 5.92 Å². The van der Waals surface area contributed by atoms with Gasteiger partial charge in [-0.15, -0.1) is 0 Å². The monoisotopic (exact) mass is 728 g/mol. The van der Waals surface area contributed by atoms with Crippen LogP contribution in [0.2, 0.25) is 0 Å². The van der Waals surface area contributed by atoms with Crippen LogP contribution in [0.5, 0.6) is 0 Å². The fourth-order valence-corrected chi connectivity index (χ4v) is 4.82. The quantitative estimate of drug-likeness (QED) is 0.132. The average molecular weight is 729 g/mol. The van der Waals surface area contributed by atoms with Gasteiger partial charge in [0, 0.05) is 5.92 Å². The molecule has 1 atom stereocenters. The largest absolute Gasteiger partial charge is 0.743 e. The van der Waals surface area contributed by atoms with Crippen LogP contribution in [-0.2, 0) is 25.8 Å². The third-order valence-electron chi connectivity index (χ3n) is 6.47. The highest BCUT2D eigenvalue weighted by Gasteiger charge is 2.95. The van der Waals surface area contributed by atoms with E-state index in [9.17, 15) is 92.4 Å². The summed E-state index contributed by atoms with van der Waals surface area (Å²) >= 11 is 0. The van der Waals surface area contributed by atoms with Crippen LogP contribution in [0.3, 0.4) is 0 Å². The number of rotatable bonds is 10. The summed E-state index contributed by atoms with van der Waals surface area (Å²) in [6.45, 7) is 6.72. The van der Waals surface area contributed by atoms with E-state index in [-0.39, 0.29) is 10.9 Å². The van der Waals surface area contributed by atoms with Crippen LogP contribution < -0.4 is 0 Å². The summed E-state index contributed by atoms with van der Waals surface area (Å²) in [4.78, 5) is 12.1. The van der Waals surface area contributed by atoms with Gasteiger partial charge in [-0.3, -0.25) is 4.79 Å². The van der Waals surface area contributed by atoms with Crippen molar-refractivity contribution in [3.05, 3.63) is 0 Å². The van der Waals surface area contributed by atoms with Gasteiger partial charge in [0.15, 0.2) is 21.7 Å². The maximum Gasteiger partial charge on any atom is 0.460 e. The number of carbonyl (C=O) groups excluding carboxylic acids is 1. The molecule has 0 N–H and O–H groups in total. The molecule has 264 valence electrons. The second-order valence-corrected chi connectivity index (χ2v) is 14.8. The van der Waals surface area contributed by atoms with Crippen molar-refractivity contribution in [2.45, 2.75) is 105 Å². The molecule has 1 unspecified atom stereocenters. The fraction of sp³-hybridized carbons (Fsp3) is 0.952. The molecule has 0 radical (unpaired) electrons. The van der Waals surface area contributed by atoms with Crippen LogP contribution in [0.1, 0.15) is 52.9 Å². The number of alkyl halides is 17. The maximum absolute atomic E-state index is 13.0. The average Bonchev–Trinajstić information content (AvgIpc) is 2.82. The molecule has 0 bridgehead atoms. The Labute approximate surface area is 242 Å². The van der Waals surface area contributed by atoms with Gasteiger partial charge >= 0.3 is 47.0 Å². The standard InChI is InChI=1S/C13H25OS.C8HF17O3S/c1-13(2,3)15(4)10-12(14)11-8-6-5-7-9-11;9-1(10,3(13,14)5(17,18)7(21,22)23)2(11,12)4(15,16)6(19,20)8(24,25)29(26,27)28/h11H,5-10H2,1-4H3;(H,26,27,28)/q+1;/p-1. The van der Waals surface area contributed by atoms with Gasteiger partial charge in [-0.25, -0.2) is 8.42 Å². The maximum atomic E-state index is 13.0. The molecule has 0 aromatic heterocycles. The Morgan fingerprint density at radius 2 is 0.955 bits per heavy atom. The predicted molar refractivity (Wildman–Crippen MR) is 120 cm³/mol. The molecule has 44 heavy (non-hydrogen) atoms. The lowest BCUT2D eigenvalue weighted by Crippen LogP contribution is -2.75. The molecule has 0 aromatic rings. The van der Waals surface area contributed by atoms with E-state index in [1.165, 1.54) is 19.3 Å². The lowest BCUT2D eigenvalue weighted by atomic mass is 9.87. The van der Waals surface area contributed by atoms with Gasteiger partial charge < -0.3 is 4.55 Å². The number of ketones is 1. The van der Waals surface area contributed by atoms with Crippen molar-refractivity contribution >= 4 is 26.8 Å². The molecule has 0 aliphatic heterocycles. The molecule has 1 aliphatic carbocycles. The molecule has 1 saturated carbocycles. The molecule has 1 fully saturated rings. The summed E-state index contributed by atoms with van der Waals surface area (Å²) in [6, 6.07) is 0. The summed E-state index contributed by atoms with van der Waals surface area (Å²) in [6.07, 6.45) is 0.519. The molecule has 0 aromatic carbocycles. The molecule has 0 spiro atoms. The first-order valence-electron chi connectivity index (χ1n) is 11.7. The van der Waals surface area contributed by atoms with Crippen LogP contribution in [0.25, 0.3) is 0 Å². The number of hydrogen-bond donors (Lipinski definition) is 0. The molecule has 0 heterocycles. The zero-order chi connectivity index (χ0) is 36.0. The lowest BCUT2D eigenvalue weighted by molar-refractivity contribution is -0.458. The van der Waals surface area contributed by atoms with E-state index in [2.05, 4.69) is 27.0 Å². The first-order chi connectivity index (χ1) is 18.9. The smallest absolute Gasteiger partial charge is 0.460 e. The molecule has 1 rings (SSSR count). The highest BCUT2D eigenvalue weighted by Crippen LogP contribution is 2.64. The molecule has 0 saturated heterocycles. The van der Waals surface area contributed by atoms with Gasteiger partial charge in [0.25, 0.3) is 0 Å². The van der Waals surface area contributed by atoms with E-state index < -0.39 is 57.1 Å². The SMILES string of the molecule is C[S+](CC(=O)C1CCCCC1)C(C)(C)C.O=S(=O)([O-])C(F)(F)C(F)(F)C(F)(F)C(F)(F)C(F)(F)C(F)(F)C(F)(F)C(F)(F)F. The zero-order valence-electron chi connectivity index (χ0n) is 22.7. The molecule has 1 aliphatic rings. The van der Waals surface area contributed by atoms with Crippen LogP contribution in [0, 0.1) is 5.92 Å². The fourth-order valence-electron chi connectivity index (χ4n) is 3.28. The van der Waals surface area contributed by atoms with Gasteiger partial charge in [-0.1, -0.05) is 19.3 Å². The first kappa shape index (κ1) is 42.7. The number of Topliss-reactive ketones (excluding diaryl/α,β-unsaturated/α-hetero) is 1. The Hall–Kier alpha value is -1.26. The van der Waals surface area contributed by atoms with Gasteiger partial charge in [0.1, 0.15) is 4.75 Å². The molecule has 4 nitrogen and oxygen atoms in total. The Kier molecular flexibility index (Phi) is 12.4. The predicted octanol–water partition coefficient (Wildman–Crippen LogP) is 7.68. The van der Waals surface area contributed by atoms with Gasteiger partial charge in [0.2, 0.25) is 0 Å². The summed E-state index contributed by atoms with van der Waals surface area (Å²) in [5, 5.41) is -7.95. The van der Waals surface area contributed by atoms with Crippen molar-refractivity contribution in [1.82, 2.24) is 0 Å². The van der Waals surface area contributed by atoms with Crippen LogP contribution in [0.4, 0.5) is 74.6 Å². The number of halogens is 17. The second-order valence-electron chi connectivity index (χ2n) is 10.6. The van der Waals surface area contributed by atoms with Crippen LogP contribution in [-0.4, -0.2) is 82.5 Å². The van der Waals surface area contributed by atoms with E-state index in [0.717, 1.165) is 18.6 Å². The van der Waals surface area contributed by atoms with E-state index in [0.29, 0.717) is 16.4 Å². The van der Waals surface area contributed by atoms with Crippen molar-refractivity contribution in [3.8, 4) is 0 Å². The van der Waals surface area contributed by atoms with E-state index >= 15 is 0 Å². The summed E-state index contributed by atoms with van der Waals surface area (Å²) in [5.41, 5.74) is 0. The topological polar surface area (TPSA) is 74.3 Å². The third-order valence-corrected chi connectivity index (χ3v) is 10.2. The van der Waals surface area contributed by atoms with Crippen LogP contribution >= 0.6 is 0 Å². The number of carbonyl (C=O) groups is 1. The molecule has 0 amide bonds. The Balaban J connectivity index is 0.00000103. The van der Waals surface area contributed by atoms with Crippen molar-refractivity contribution < 1.29 is 92.4 Å². The highest BCUT2D eigenvalue weighted by molar-refractivity contribution is 7.98. The normalized spacial score (nSPS) is 18.4. The summed E-state index contributed by atoms with van der Waals surface area (Å²) < 4.78 is 244. The third kappa shape index (κ3) is 7.48.